The smallest absolute Gasteiger partial charge is 0.183 e. The van der Waals surface area contributed by atoms with Crippen molar-refractivity contribution in [1.29, 1.82) is 0 Å². The molecule has 0 aliphatic heterocycles. The number of halogens is 1. The third-order valence-electron chi connectivity index (χ3n) is 4.14. The summed E-state index contributed by atoms with van der Waals surface area (Å²) in [7, 11) is 1.97. The van der Waals surface area contributed by atoms with Crippen molar-refractivity contribution in [3.05, 3.63) is 47.9 Å². The van der Waals surface area contributed by atoms with Crippen LogP contribution in [0.1, 0.15) is 26.7 Å². The normalized spacial score (nSPS) is 11.5. The van der Waals surface area contributed by atoms with E-state index in [0.717, 1.165) is 52.1 Å². The number of thiol groups is 1. The Balaban J connectivity index is 0.000000941. The Hall–Kier alpha value is -1.67. The highest BCUT2D eigenvalue weighted by Gasteiger charge is 2.12. The topological polar surface area (TPSA) is 62.7 Å². The Labute approximate surface area is 187 Å². The monoisotopic (exact) mass is 449 g/mol. The van der Waals surface area contributed by atoms with Crippen molar-refractivity contribution < 1.29 is 0 Å². The SMILES string of the molecule is CCC(CCNC)Nc1ncc(-c2cc(-c3ccccc3Cl)ncn2)s1.CCS. The van der Waals surface area contributed by atoms with Gasteiger partial charge < -0.3 is 10.6 Å². The molecule has 156 valence electrons. The number of hydrogen-bond donors (Lipinski definition) is 3. The summed E-state index contributed by atoms with van der Waals surface area (Å²) in [5.74, 6) is 0.944. The van der Waals surface area contributed by atoms with Crippen molar-refractivity contribution in [1.82, 2.24) is 20.3 Å². The summed E-state index contributed by atoms with van der Waals surface area (Å²) in [4.78, 5) is 14.3. The zero-order valence-electron chi connectivity index (χ0n) is 17.0. The van der Waals surface area contributed by atoms with Gasteiger partial charge in [0.25, 0.3) is 0 Å². The average Bonchev–Trinajstić information content (AvgIpc) is 3.21. The first-order chi connectivity index (χ1) is 14.1. The number of benzene rings is 1. The van der Waals surface area contributed by atoms with Gasteiger partial charge in [0.2, 0.25) is 0 Å². The number of rotatable bonds is 8. The number of anilines is 1. The Bertz CT molecular complexity index is 872. The van der Waals surface area contributed by atoms with E-state index in [-0.39, 0.29) is 0 Å². The van der Waals surface area contributed by atoms with Gasteiger partial charge in [-0.1, -0.05) is 55.0 Å². The van der Waals surface area contributed by atoms with Gasteiger partial charge in [-0.25, -0.2) is 15.0 Å². The second-order valence-electron chi connectivity index (χ2n) is 6.26. The molecule has 0 amide bonds. The van der Waals surface area contributed by atoms with E-state index < -0.39 is 0 Å². The number of aromatic nitrogens is 3. The third-order valence-corrected chi connectivity index (χ3v) is 5.42. The van der Waals surface area contributed by atoms with Crippen molar-refractivity contribution in [2.75, 3.05) is 24.7 Å². The van der Waals surface area contributed by atoms with E-state index in [4.69, 9.17) is 11.6 Å². The highest BCUT2D eigenvalue weighted by molar-refractivity contribution is 7.80. The lowest BCUT2D eigenvalue weighted by atomic mass is 10.1. The van der Waals surface area contributed by atoms with Gasteiger partial charge in [-0.15, -0.1) is 0 Å². The van der Waals surface area contributed by atoms with Crippen molar-refractivity contribution in [3.63, 3.8) is 0 Å². The molecule has 0 saturated heterocycles. The largest absolute Gasteiger partial charge is 0.359 e. The molecule has 1 aromatic carbocycles. The summed E-state index contributed by atoms with van der Waals surface area (Å²) < 4.78 is 0. The van der Waals surface area contributed by atoms with Crippen molar-refractivity contribution in [3.8, 4) is 21.8 Å². The predicted molar refractivity (Wildman–Crippen MR) is 129 cm³/mol. The zero-order valence-corrected chi connectivity index (χ0v) is 19.5. The summed E-state index contributed by atoms with van der Waals surface area (Å²) in [5, 5.41) is 8.30. The number of hydrogen-bond acceptors (Lipinski definition) is 7. The summed E-state index contributed by atoms with van der Waals surface area (Å²) in [6.45, 7) is 5.15. The minimum Gasteiger partial charge on any atom is -0.359 e. The van der Waals surface area contributed by atoms with E-state index in [1.807, 2.05) is 50.5 Å². The predicted octanol–water partition coefficient (Wildman–Crippen LogP) is 5.66. The Morgan fingerprint density at radius 2 is 1.86 bits per heavy atom. The fraction of sp³-hybridized carbons (Fsp3) is 0.381. The lowest BCUT2D eigenvalue weighted by molar-refractivity contribution is 0.604. The van der Waals surface area contributed by atoms with E-state index in [1.54, 1.807) is 17.7 Å². The van der Waals surface area contributed by atoms with Gasteiger partial charge in [-0.3, -0.25) is 0 Å². The van der Waals surface area contributed by atoms with Crippen molar-refractivity contribution >= 4 is 40.7 Å². The first-order valence-corrected chi connectivity index (χ1v) is 11.5. The Morgan fingerprint density at radius 3 is 2.55 bits per heavy atom. The molecule has 0 fully saturated rings. The summed E-state index contributed by atoms with van der Waals surface area (Å²) in [6.07, 6.45) is 5.55. The second-order valence-corrected chi connectivity index (χ2v) is 8.33. The van der Waals surface area contributed by atoms with Gasteiger partial charge in [0.15, 0.2) is 5.13 Å². The number of nitrogens with zero attached hydrogens (tertiary/aromatic N) is 3. The first-order valence-electron chi connectivity index (χ1n) is 9.68. The fourth-order valence-corrected chi connectivity index (χ4v) is 3.73. The highest BCUT2D eigenvalue weighted by Crippen LogP contribution is 2.32. The van der Waals surface area contributed by atoms with Gasteiger partial charge >= 0.3 is 0 Å². The standard InChI is InChI=1S/C19H22ClN5S.C2H6S/c1-3-13(8-9-21-2)25-19-22-11-18(26-19)17-10-16(23-12-24-17)14-6-4-5-7-15(14)20;1-2-3/h4-7,10-13,21H,3,8-9H2,1-2H3,(H,22,25);3H,2H2,1H3. The molecule has 2 heterocycles. The van der Waals surface area contributed by atoms with Gasteiger partial charge in [0, 0.05) is 22.8 Å². The van der Waals surface area contributed by atoms with Crippen LogP contribution >= 0.6 is 35.6 Å². The van der Waals surface area contributed by atoms with Crippen LogP contribution in [0.15, 0.2) is 42.9 Å². The molecule has 8 heteroatoms. The van der Waals surface area contributed by atoms with E-state index in [0.29, 0.717) is 11.1 Å². The molecule has 0 radical (unpaired) electrons. The molecule has 2 aromatic heterocycles. The van der Waals surface area contributed by atoms with Gasteiger partial charge in [0.05, 0.1) is 16.3 Å². The Kier molecular flexibility index (Phi) is 10.4. The number of nitrogens with one attached hydrogen (secondary N) is 2. The van der Waals surface area contributed by atoms with E-state index in [2.05, 4.69) is 45.1 Å². The van der Waals surface area contributed by atoms with Crippen LogP contribution < -0.4 is 10.6 Å². The van der Waals surface area contributed by atoms with E-state index >= 15 is 0 Å². The molecule has 0 saturated carbocycles. The lowest BCUT2D eigenvalue weighted by Crippen LogP contribution is -2.23. The molecule has 5 nitrogen and oxygen atoms in total. The van der Waals surface area contributed by atoms with Crippen molar-refractivity contribution in [2.24, 2.45) is 0 Å². The van der Waals surface area contributed by atoms with Crippen LogP contribution in [0.3, 0.4) is 0 Å². The van der Waals surface area contributed by atoms with Gasteiger partial charge in [-0.2, -0.15) is 12.6 Å². The molecule has 2 N–H and O–H groups in total. The maximum absolute atomic E-state index is 6.29. The summed E-state index contributed by atoms with van der Waals surface area (Å²) in [6, 6.07) is 10.0. The number of thiazole rings is 1. The zero-order chi connectivity index (χ0) is 21.1. The van der Waals surface area contributed by atoms with E-state index in [1.165, 1.54) is 0 Å². The lowest BCUT2D eigenvalue weighted by Gasteiger charge is -2.15. The van der Waals surface area contributed by atoms with Gasteiger partial charge in [-0.05, 0) is 44.3 Å². The minimum absolute atomic E-state index is 0.408. The summed E-state index contributed by atoms with van der Waals surface area (Å²) in [5.41, 5.74) is 2.56. The molecule has 29 heavy (non-hydrogen) atoms. The van der Waals surface area contributed by atoms with Gasteiger partial charge in [0.1, 0.15) is 6.33 Å². The summed E-state index contributed by atoms with van der Waals surface area (Å²) >= 11 is 11.7. The van der Waals surface area contributed by atoms with Crippen LogP contribution in [-0.2, 0) is 0 Å². The molecular weight excluding hydrogens is 422 g/mol. The molecule has 0 spiro atoms. The molecule has 3 rings (SSSR count). The van der Waals surface area contributed by atoms with E-state index in [9.17, 15) is 0 Å². The van der Waals surface area contributed by atoms with Crippen LogP contribution in [-0.4, -0.2) is 40.3 Å². The molecule has 0 bridgehead atoms. The first kappa shape index (κ1) is 23.6. The van der Waals surface area contributed by atoms with Crippen LogP contribution in [0.25, 0.3) is 21.8 Å². The molecule has 3 aromatic rings. The molecule has 1 atom stereocenters. The van der Waals surface area contributed by atoms with Crippen LogP contribution in [0, 0.1) is 0 Å². The van der Waals surface area contributed by atoms with Crippen LogP contribution in [0.2, 0.25) is 5.02 Å². The highest BCUT2D eigenvalue weighted by atomic mass is 35.5. The molecule has 0 aliphatic rings. The molecule has 1 unspecified atom stereocenters. The van der Waals surface area contributed by atoms with Crippen LogP contribution in [0.4, 0.5) is 5.13 Å². The quantitative estimate of drug-likeness (QED) is 0.387. The molecular formula is C21H28ClN5S2. The van der Waals surface area contributed by atoms with Crippen LogP contribution in [0.5, 0.6) is 0 Å². The Morgan fingerprint density at radius 1 is 1.14 bits per heavy atom. The fourth-order valence-electron chi connectivity index (χ4n) is 2.64. The average molecular weight is 450 g/mol. The molecule has 0 aliphatic carbocycles. The maximum Gasteiger partial charge on any atom is 0.183 e. The minimum atomic E-state index is 0.408. The van der Waals surface area contributed by atoms with Crippen molar-refractivity contribution in [2.45, 2.75) is 32.7 Å². The maximum atomic E-state index is 6.29. The third kappa shape index (κ3) is 7.26. The second kappa shape index (κ2) is 12.8.